The summed E-state index contributed by atoms with van der Waals surface area (Å²) in [6.45, 7) is 6.14. The van der Waals surface area contributed by atoms with Gasteiger partial charge in [-0.15, -0.1) is 0 Å². The Hall–Kier alpha value is -0.870. The molecule has 2 N–H and O–H groups in total. The molecule has 1 heterocycles. The van der Waals surface area contributed by atoms with E-state index < -0.39 is 5.60 Å². The predicted octanol–water partition coefficient (Wildman–Crippen LogP) is 2.28. The van der Waals surface area contributed by atoms with Crippen LogP contribution in [0.1, 0.15) is 37.6 Å². The molecule has 1 amide bonds. The molecule has 0 bridgehead atoms. The molecule has 1 atom stereocenters. The van der Waals surface area contributed by atoms with Gasteiger partial charge in [-0.25, -0.2) is 0 Å². The number of amides is 1. The van der Waals surface area contributed by atoms with Crippen LogP contribution in [0.25, 0.3) is 0 Å². The third kappa shape index (κ3) is 4.33. The van der Waals surface area contributed by atoms with Crippen molar-refractivity contribution in [2.75, 3.05) is 6.54 Å². The third-order valence-corrected chi connectivity index (χ3v) is 2.94. The minimum Gasteiger partial charge on any atom is -0.388 e. The summed E-state index contributed by atoms with van der Waals surface area (Å²) in [5.41, 5.74) is -0.176. The molecule has 0 spiro atoms. The van der Waals surface area contributed by atoms with Crippen LogP contribution < -0.4 is 5.32 Å². The summed E-state index contributed by atoms with van der Waals surface area (Å²) >= 11 is 1.49. The van der Waals surface area contributed by atoms with E-state index in [2.05, 4.69) is 19.2 Å². The zero-order valence-corrected chi connectivity index (χ0v) is 10.8. The number of hydrogen-bond donors (Lipinski definition) is 2. The zero-order chi connectivity index (χ0) is 12.2. The topological polar surface area (TPSA) is 49.3 Å². The van der Waals surface area contributed by atoms with Crippen LogP contribution in [0.4, 0.5) is 0 Å². The van der Waals surface area contributed by atoms with Crippen LogP contribution in [-0.4, -0.2) is 23.2 Å². The predicted molar refractivity (Wildman–Crippen MR) is 66.7 cm³/mol. The van der Waals surface area contributed by atoms with Crippen molar-refractivity contribution >= 4 is 17.2 Å². The Kier molecular flexibility index (Phi) is 4.50. The molecule has 3 nitrogen and oxygen atoms in total. The van der Waals surface area contributed by atoms with Gasteiger partial charge in [0.15, 0.2) is 0 Å². The van der Waals surface area contributed by atoms with Crippen molar-refractivity contribution in [1.29, 1.82) is 0 Å². The Bertz CT molecular complexity index is 331. The fourth-order valence-electron chi connectivity index (χ4n) is 1.72. The van der Waals surface area contributed by atoms with Gasteiger partial charge in [0, 0.05) is 17.5 Å². The lowest BCUT2D eigenvalue weighted by atomic mass is 9.94. The minimum atomic E-state index is -0.833. The first-order valence-corrected chi connectivity index (χ1v) is 6.38. The van der Waals surface area contributed by atoms with E-state index >= 15 is 0 Å². The molecule has 0 aliphatic carbocycles. The van der Waals surface area contributed by atoms with Crippen LogP contribution in [0, 0.1) is 5.92 Å². The van der Waals surface area contributed by atoms with Crippen molar-refractivity contribution in [1.82, 2.24) is 5.32 Å². The van der Waals surface area contributed by atoms with Crippen molar-refractivity contribution < 1.29 is 9.90 Å². The Morgan fingerprint density at radius 1 is 1.62 bits per heavy atom. The summed E-state index contributed by atoms with van der Waals surface area (Å²) in [6, 6.07) is 1.77. The summed E-state index contributed by atoms with van der Waals surface area (Å²) in [5, 5.41) is 16.4. The van der Waals surface area contributed by atoms with Crippen LogP contribution in [0.3, 0.4) is 0 Å². The quantitative estimate of drug-likeness (QED) is 0.831. The number of carbonyl (C=O) groups is 1. The molecule has 0 aliphatic rings. The maximum Gasteiger partial charge on any atom is 0.252 e. The molecular weight excluding hydrogens is 222 g/mol. The molecule has 1 aromatic rings. The standard InChI is InChI=1S/C12H19NO2S/c1-9(2)6-12(3,15)8-13-11(14)10-4-5-16-7-10/h4-5,7,9,15H,6,8H2,1-3H3,(H,13,14). The van der Waals surface area contributed by atoms with Crippen LogP contribution in [0.2, 0.25) is 0 Å². The largest absolute Gasteiger partial charge is 0.388 e. The molecule has 0 aromatic carbocycles. The van der Waals surface area contributed by atoms with Gasteiger partial charge in [0.2, 0.25) is 0 Å². The van der Waals surface area contributed by atoms with Crippen molar-refractivity contribution in [3.8, 4) is 0 Å². The first kappa shape index (κ1) is 13.2. The van der Waals surface area contributed by atoms with E-state index in [0.717, 1.165) is 0 Å². The number of thiophene rings is 1. The SMILES string of the molecule is CC(C)CC(C)(O)CNC(=O)c1ccsc1. The lowest BCUT2D eigenvalue weighted by Crippen LogP contribution is -2.41. The molecule has 0 aliphatic heterocycles. The Morgan fingerprint density at radius 2 is 2.31 bits per heavy atom. The molecule has 1 rings (SSSR count). The van der Waals surface area contributed by atoms with E-state index in [1.54, 1.807) is 18.4 Å². The Morgan fingerprint density at radius 3 is 2.81 bits per heavy atom. The van der Waals surface area contributed by atoms with Crippen LogP contribution >= 0.6 is 11.3 Å². The third-order valence-electron chi connectivity index (χ3n) is 2.26. The first-order chi connectivity index (χ1) is 7.41. The van der Waals surface area contributed by atoms with E-state index in [1.807, 2.05) is 5.38 Å². The summed E-state index contributed by atoms with van der Waals surface area (Å²) in [6.07, 6.45) is 0.677. The maximum absolute atomic E-state index is 11.6. The molecule has 16 heavy (non-hydrogen) atoms. The average Bonchev–Trinajstić information content (AvgIpc) is 2.64. The van der Waals surface area contributed by atoms with E-state index in [-0.39, 0.29) is 5.91 Å². The van der Waals surface area contributed by atoms with Gasteiger partial charge in [-0.05, 0) is 30.7 Å². The number of hydrogen-bond acceptors (Lipinski definition) is 3. The van der Waals surface area contributed by atoms with Crippen molar-refractivity contribution in [2.24, 2.45) is 5.92 Å². The highest BCUT2D eigenvalue weighted by Gasteiger charge is 2.22. The van der Waals surface area contributed by atoms with Gasteiger partial charge < -0.3 is 10.4 Å². The first-order valence-electron chi connectivity index (χ1n) is 5.43. The second-order valence-corrected chi connectivity index (χ2v) is 5.57. The van der Waals surface area contributed by atoms with Crippen molar-refractivity contribution in [3.63, 3.8) is 0 Å². The molecule has 1 unspecified atom stereocenters. The number of aliphatic hydroxyl groups is 1. The summed E-state index contributed by atoms with van der Waals surface area (Å²) in [4.78, 5) is 11.6. The smallest absolute Gasteiger partial charge is 0.252 e. The summed E-state index contributed by atoms with van der Waals surface area (Å²) < 4.78 is 0. The van der Waals surface area contributed by atoms with Crippen LogP contribution in [0.15, 0.2) is 16.8 Å². The summed E-state index contributed by atoms with van der Waals surface area (Å²) in [5.74, 6) is 0.290. The average molecular weight is 241 g/mol. The number of carbonyl (C=O) groups excluding carboxylic acids is 1. The fourth-order valence-corrected chi connectivity index (χ4v) is 2.35. The minimum absolute atomic E-state index is 0.120. The van der Waals surface area contributed by atoms with Gasteiger partial charge >= 0.3 is 0 Å². The molecule has 0 fully saturated rings. The van der Waals surface area contributed by atoms with Crippen LogP contribution in [-0.2, 0) is 0 Å². The fraction of sp³-hybridized carbons (Fsp3) is 0.583. The Balaban J connectivity index is 2.42. The molecule has 90 valence electrons. The van der Waals surface area contributed by atoms with Gasteiger partial charge in [-0.1, -0.05) is 13.8 Å². The van der Waals surface area contributed by atoms with Crippen LogP contribution in [0.5, 0.6) is 0 Å². The zero-order valence-electron chi connectivity index (χ0n) is 9.99. The van der Waals surface area contributed by atoms with Crippen molar-refractivity contribution in [2.45, 2.75) is 32.8 Å². The highest BCUT2D eigenvalue weighted by molar-refractivity contribution is 7.08. The van der Waals surface area contributed by atoms with E-state index in [4.69, 9.17) is 0 Å². The maximum atomic E-state index is 11.6. The molecular formula is C12H19NO2S. The van der Waals surface area contributed by atoms with Crippen molar-refractivity contribution in [3.05, 3.63) is 22.4 Å². The number of rotatable bonds is 5. The highest BCUT2D eigenvalue weighted by atomic mass is 32.1. The molecule has 4 heteroatoms. The molecule has 0 saturated carbocycles. The molecule has 0 saturated heterocycles. The lowest BCUT2D eigenvalue weighted by Gasteiger charge is -2.25. The second-order valence-electron chi connectivity index (χ2n) is 4.79. The van der Waals surface area contributed by atoms with E-state index in [0.29, 0.717) is 24.4 Å². The van der Waals surface area contributed by atoms with Gasteiger partial charge in [0.05, 0.1) is 5.60 Å². The lowest BCUT2D eigenvalue weighted by molar-refractivity contribution is 0.0368. The molecule has 1 aromatic heterocycles. The van der Waals surface area contributed by atoms with Gasteiger partial charge in [-0.2, -0.15) is 11.3 Å². The van der Waals surface area contributed by atoms with E-state index in [9.17, 15) is 9.90 Å². The highest BCUT2D eigenvalue weighted by Crippen LogP contribution is 2.15. The summed E-state index contributed by atoms with van der Waals surface area (Å²) in [7, 11) is 0. The van der Waals surface area contributed by atoms with Gasteiger partial charge in [0.25, 0.3) is 5.91 Å². The monoisotopic (exact) mass is 241 g/mol. The number of nitrogens with one attached hydrogen (secondary N) is 1. The van der Waals surface area contributed by atoms with Gasteiger partial charge in [0.1, 0.15) is 0 Å². The normalized spacial score (nSPS) is 14.8. The van der Waals surface area contributed by atoms with Gasteiger partial charge in [-0.3, -0.25) is 4.79 Å². The molecule has 0 radical (unpaired) electrons. The Labute approximate surface area is 100 Å². The van der Waals surface area contributed by atoms with E-state index in [1.165, 1.54) is 11.3 Å². The second kappa shape index (κ2) is 5.46.